The Bertz CT molecular complexity index is 235. The van der Waals surface area contributed by atoms with Crippen LogP contribution in [0.2, 0.25) is 0 Å². The standard InChI is InChI=1S/C6H5Cl2F2N/c7-5-3(9)1-2-4(11)6(5,8)10/h1-2,4H,11H2. The molecule has 0 aromatic carbocycles. The maximum absolute atomic E-state index is 13.1. The minimum absolute atomic E-state index is 0.686. The van der Waals surface area contributed by atoms with Crippen LogP contribution >= 0.6 is 23.2 Å². The maximum Gasteiger partial charge on any atom is 0.240 e. The van der Waals surface area contributed by atoms with Gasteiger partial charge >= 0.3 is 0 Å². The van der Waals surface area contributed by atoms with Gasteiger partial charge in [0.25, 0.3) is 0 Å². The summed E-state index contributed by atoms with van der Waals surface area (Å²) in [7, 11) is 0. The third-order valence-corrected chi connectivity index (χ3v) is 2.36. The van der Waals surface area contributed by atoms with Crippen LogP contribution in [0.3, 0.4) is 0 Å². The van der Waals surface area contributed by atoms with Crippen LogP contribution in [0.4, 0.5) is 8.78 Å². The fourth-order valence-corrected chi connectivity index (χ4v) is 1.04. The van der Waals surface area contributed by atoms with E-state index in [4.69, 9.17) is 28.9 Å². The molecule has 62 valence electrons. The Morgan fingerprint density at radius 2 is 2.18 bits per heavy atom. The van der Waals surface area contributed by atoms with Crippen LogP contribution in [0.5, 0.6) is 0 Å². The number of allylic oxidation sites excluding steroid dienone is 2. The van der Waals surface area contributed by atoms with Gasteiger partial charge < -0.3 is 5.73 Å². The molecule has 0 amide bonds. The Kier molecular flexibility index (Phi) is 2.23. The molecule has 1 nitrogen and oxygen atoms in total. The lowest BCUT2D eigenvalue weighted by Gasteiger charge is -2.24. The fraction of sp³-hybridized carbons (Fsp3) is 0.333. The molecule has 0 aromatic heterocycles. The first kappa shape index (κ1) is 8.97. The van der Waals surface area contributed by atoms with Crippen molar-refractivity contribution in [1.82, 2.24) is 0 Å². The van der Waals surface area contributed by atoms with Crippen molar-refractivity contribution in [2.45, 2.75) is 11.2 Å². The van der Waals surface area contributed by atoms with E-state index in [0.29, 0.717) is 0 Å². The minimum Gasteiger partial charge on any atom is -0.320 e. The Labute approximate surface area is 72.5 Å². The molecular weight excluding hydrogens is 195 g/mol. The molecular formula is C6H5Cl2F2N. The van der Waals surface area contributed by atoms with Crippen LogP contribution < -0.4 is 5.73 Å². The molecule has 0 radical (unpaired) electrons. The number of halogens is 4. The highest BCUT2D eigenvalue weighted by Gasteiger charge is 2.41. The molecule has 5 heteroatoms. The molecule has 0 saturated carbocycles. The predicted molar refractivity (Wildman–Crippen MR) is 40.8 cm³/mol. The molecule has 0 aliphatic heterocycles. The van der Waals surface area contributed by atoms with Gasteiger partial charge in [0.2, 0.25) is 5.13 Å². The lowest BCUT2D eigenvalue weighted by Crippen LogP contribution is -2.40. The molecule has 0 bridgehead atoms. The van der Waals surface area contributed by atoms with E-state index >= 15 is 0 Å². The zero-order valence-corrected chi connectivity index (χ0v) is 6.83. The summed E-state index contributed by atoms with van der Waals surface area (Å²) < 4.78 is 25.6. The van der Waals surface area contributed by atoms with E-state index in [1.807, 2.05) is 0 Å². The van der Waals surface area contributed by atoms with Gasteiger partial charge in [-0.1, -0.05) is 29.3 Å². The quantitative estimate of drug-likeness (QED) is 0.596. The van der Waals surface area contributed by atoms with E-state index in [2.05, 4.69) is 0 Å². The molecule has 2 unspecified atom stereocenters. The van der Waals surface area contributed by atoms with Crippen molar-refractivity contribution < 1.29 is 8.78 Å². The second-order valence-corrected chi connectivity index (χ2v) is 3.10. The third-order valence-electron chi connectivity index (χ3n) is 1.37. The smallest absolute Gasteiger partial charge is 0.240 e. The lowest BCUT2D eigenvalue weighted by molar-refractivity contribution is 0.302. The summed E-state index contributed by atoms with van der Waals surface area (Å²) in [6.07, 6.45) is 2.11. The van der Waals surface area contributed by atoms with E-state index in [-0.39, 0.29) is 0 Å². The van der Waals surface area contributed by atoms with Gasteiger partial charge in [0.05, 0.1) is 6.04 Å². The number of nitrogens with two attached hydrogens (primary N) is 1. The molecule has 0 spiro atoms. The van der Waals surface area contributed by atoms with Gasteiger partial charge in [0.1, 0.15) is 10.9 Å². The summed E-state index contributed by atoms with van der Waals surface area (Å²) >= 11 is 10.4. The number of hydrogen-bond donors (Lipinski definition) is 1. The van der Waals surface area contributed by atoms with E-state index in [0.717, 1.165) is 12.2 Å². The minimum atomic E-state index is -2.50. The van der Waals surface area contributed by atoms with Gasteiger partial charge in [-0.3, -0.25) is 0 Å². The van der Waals surface area contributed by atoms with Crippen molar-refractivity contribution >= 4 is 23.2 Å². The van der Waals surface area contributed by atoms with Crippen molar-refractivity contribution in [2.24, 2.45) is 5.73 Å². The summed E-state index contributed by atoms with van der Waals surface area (Å²) in [6.45, 7) is 0. The molecule has 0 heterocycles. The van der Waals surface area contributed by atoms with Gasteiger partial charge in [-0.25, -0.2) is 8.78 Å². The Morgan fingerprint density at radius 1 is 1.64 bits per heavy atom. The highest BCUT2D eigenvalue weighted by atomic mass is 35.5. The van der Waals surface area contributed by atoms with E-state index < -0.39 is 22.0 Å². The largest absolute Gasteiger partial charge is 0.320 e. The molecule has 1 aliphatic rings. The van der Waals surface area contributed by atoms with Crippen LogP contribution in [0.15, 0.2) is 23.0 Å². The number of hydrogen-bond acceptors (Lipinski definition) is 1. The summed E-state index contributed by atoms with van der Waals surface area (Å²) in [5.41, 5.74) is 5.19. The summed E-state index contributed by atoms with van der Waals surface area (Å²) in [6, 6.07) is -1.10. The zero-order valence-electron chi connectivity index (χ0n) is 5.32. The van der Waals surface area contributed by atoms with E-state index in [1.165, 1.54) is 0 Å². The van der Waals surface area contributed by atoms with Gasteiger partial charge in [0, 0.05) is 0 Å². The van der Waals surface area contributed by atoms with Crippen LogP contribution in [-0.4, -0.2) is 11.2 Å². The first-order chi connectivity index (χ1) is 4.96. The van der Waals surface area contributed by atoms with Crippen molar-refractivity contribution in [3.63, 3.8) is 0 Å². The van der Waals surface area contributed by atoms with Crippen LogP contribution in [0.25, 0.3) is 0 Å². The Hall–Kier alpha value is -0.120. The van der Waals surface area contributed by atoms with Crippen LogP contribution in [0, 0.1) is 0 Å². The molecule has 0 saturated heterocycles. The SMILES string of the molecule is NC1C=CC(F)=C(Cl)C1(F)Cl. The normalized spacial score (nSPS) is 38.1. The van der Waals surface area contributed by atoms with Crippen molar-refractivity contribution in [2.75, 3.05) is 0 Å². The first-order valence-electron chi connectivity index (χ1n) is 2.83. The number of alkyl halides is 2. The zero-order chi connectivity index (χ0) is 8.65. The van der Waals surface area contributed by atoms with Crippen molar-refractivity contribution in [3.05, 3.63) is 23.0 Å². The molecule has 1 rings (SSSR count). The molecule has 0 fully saturated rings. The van der Waals surface area contributed by atoms with Crippen LogP contribution in [-0.2, 0) is 0 Å². The predicted octanol–water partition coefficient (Wildman–Crippen LogP) is 2.21. The summed E-state index contributed by atoms with van der Waals surface area (Å²) in [5.74, 6) is -0.883. The Morgan fingerprint density at radius 3 is 2.64 bits per heavy atom. The van der Waals surface area contributed by atoms with Gasteiger partial charge in [0.15, 0.2) is 0 Å². The lowest BCUT2D eigenvalue weighted by atomic mass is 10.1. The molecule has 2 atom stereocenters. The second kappa shape index (κ2) is 2.73. The van der Waals surface area contributed by atoms with Crippen molar-refractivity contribution in [1.29, 1.82) is 0 Å². The van der Waals surface area contributed by atoms with Gasteiger partial charge in [-0.2, -0.15) is 0 Å². The van der Waals surface area contributed by atoms with Gasteiger partial charge in [-0.15, -0.1) is 0 Å². The highest BCUT2D eigenvalue weighted by Crippen LogP contribution is 2.38. The van der Waals surface area contributed by atoms with E-state index in [9.17, 15) is 8.78 Å². The second-order valence-electron chi connectivity index (χ2n) is 2.17. The van der Waals surface area contributed by atoms with Crippen molar-refractivity contribution in [3.8, 4) is 0 Å². The number of rotatable bonds is 0. The monoisotopic (exact) mass is 199 g/mol. The fourth-order valence-electron chi connectivity index (χ4n) is 0.688. The third kappa shape index (κ3) is 1.41. The molecule has 0 aromatic rings. The topological polar surface area (TPSA) is 26.0 Å². The molecule has 11 heavy (non-hydrogen) atoms. The summed E-state index contributed by atoms with van der Waals surface area (Å²) in [5, 5.41) is -3.19. The highest BCUT2D eigenvalue weighted by molar-refractivity contribution is 6.39. The molecule has 1 aliphatic carbocycles. The van der Waals surface area contributed by atoms with Gasteiger partial charge in [-0.05, 0) is 6.08 Å². The Balaban J connectivity index is 3.07. The molecule has 2 N–H and O–H groups in total. The average Bonchev–Trinajstić information content (AvgIpc) is 1.95. The maximum atomic E-state index is 13.1. The van der Waals surface area contributed by atoms with E-state index in [1.54, 1.807) is 0 Å². The van der Waals surface area contributed by atoms with Crippen LogP contribution in [0.1, 0.15) is 0 Å². The summed E-state index contributed by atoms with van der Waals surface area (Å²) in [4.78, 5) is 0. The first-order valence-corrected chi connectivity index (χ1v) is 3.59. The average molecular weight is 200 g/mol.